The van der Waals surface area contributed by atoms with Crippen LogP contribution in [0.4, 0.5) is 10.1 Å². The van der Waals surface area contributed by atoms with Crippen molar-refractivity contribution in [1.82, 2.24) is 0 Å². The summed E-state index contributed by atoms with van der Waals surface area (Å²) in [7, 11) is 1.76. The Kier molecular flexibility index (Phi) is 5.92. The minimum absolute atomic E-state index is 0.0874. The molecule has 1 heterocycles. The fraction of sp³-hybridized carbons (Fsp3) is 0.231. The van der Waals surface area contributed by atoms with Crippen LogP contribution in [0.3, 0.4) is 0 Å². The second-order valence-corrected chi connectivity index (χ2v) is 8.60. The summed E-state index contributed by atoms with van der Waals surface area (Å²) in [5, 5.41) is 0.553. The predicted octanol–water partition coefficient (Wildman–Crippen LogP) is 6.03. The van der Waals surface area contributed by atoms with E-state index in [-0.39, 0.29) is 11.7 Å². The molecule has 0 saturated carbocycles. The number of likely N-dealkylation sites (N-methyl/N-ethyl adjacent to an activating group) is 1. The zero-order valence-electron chi connectivity index (χ0n) is 17.8. The third-order valence-corrected chi connectivity index (χ3v) is 5.88. The number of amides is 1. The number of nitrogens with zero attached hydrogens (tertiary/aromatic N) is 2. The molecule has 4 rings (SSSR count). The van der Waals surface area contributed by atoms with E-state index in [9.17, 15) is 9.18 Å². The van der Waals surface area contributed by atoms with Gasteiger partial charge in [-0.1, -0.05) is 49.7 Å². The van der Waals surface area contributed by atoms with Gasteiger partial charge in [0.1, 0.15) is 11.9 Å². The fourth-order valence-corrected chi connectivity index (χ4v) is 4.06. The number of carbonyl (C=O) groups excluding carboxylic acids is 1. The summed E-state index contributed by atoms with van der Waals surface area (Å²) < 4.78 is 13.6. The smallest absolute Gasteiger partial charge is 0.251 e. The van der Waals surface area contributed by atoms with E-state index in [1.807, 2.05) is 24.3 Å². The highest BCUT2D eigenvalue weighted by molar-refractivity contribution is 6.32. The maximum absolute atomic E-state index is 13.6. The monoisotopic (exact) mass is 434 g/mol. The summed E-state index contributed by atoms with van der Waals surface area (Å²) >= 11 is 6.29. The molecule has 1 aliphatic heterocycles. The first kappa shape index (κ1) is 21.3. The average Bonchev–Trinajstić information content (AvgIpc) is 2.85. The Hall–Kier alpha value is -2.98. The van der Waals surface area contributed by atoms with Gasteiger partial charge in [-0.2, -0.15) is 0 Å². The summed E-state index contributed by atoms with van der Waals surface area (Å²) in [6, 6.07) is 19.3. The van der Waals surface area contributed by atoms with Crippen LogP contribution in [0.25, 0.3) is 0 Å². The number of hydrogen-bond acceptors (Lipinski definition) is 2. The molecule has 0 bridgehead atoms. The standard InChI is InChI=1S/C26H24ClFN2O/c1-16(2)19-6-4-5-17(13-19)14-23-26(31)30(3)24-12-9-20(27)15-22(24)25(29-23)18-7-10-21(28)11-8-18/h4-13,15-16,23H,14H2,1-3H3. The van der Waals surface area contributed by atoms with Gasteiger partial charge in [0.2, 0.25) is 0 Å². The molecule has 0 fully saturated rings. The Morgan fingerprint density at radius 2 is 1.81 bits per heavy atom. The van der Waals surface area contributed by atoms with Crippen LogP contribution in [0.1, 0.15) is 42.0 Å². The molecule has 1 aliphatic rings. The maximum atomic E-state index is 13.6. The summed E-state index contributed by atoms with van der Waals surface area (Å²) in [6.45, 7) is 4.30. The van der Waals surface area contributed by atoms with Crippen LogP contribution in [0.2, 0.25) is 5.02 Å². The van der Waals surface area contributed by atoms with Crippen molar-refractivity contribution in [2.75, 3.05) is 11.9 Å². The molecule has 1 atom stereocenters. The molecule has 0 spiro atoms. The average molecular weight is 435 g/mol. The lowest BCUT2D eigenvalue weighted by Gasteiger charge is -2.21. The summed E-state index contributed by atoms with van der Waals surface area (Å²) in [5.41, 5.74) is 5.16. The van der Waals surface area contributed by atoms with Gasteiger partial charge in [0.05, 0.1) is 11.4 Å². The Bertz CT molecular complexity index is 1150. The van der Waals surface area contributed by atoms with E-state index < -0.39 is 6.04 Å². The van der Waals surface area contributed by atoms with Gasteiger partial charge in [-0.25, -0.2) is 4.39 Å². The fourth-order valence-electron chi connectivity index (χ4n) is 3.89. The van der Waals surface area contributed by atoms with Gasteiger partial charge in [-0.3, -0.25) is 9.79 Å². The number of anilines is 1. The highest BCUT2D eigenvalue weighted by Gasteiger charge is 2.30. The molecular formula is C26H24ClFN2O. The molecule has 1 amide bonds. The normalized spacial score (nSPS) is 16.2. The molecule has 0 aromatic heterocycles. The van der Waals surface area contributed by atoms with Crippen LogP contribution in [0, 0.1) is 5.82 Å². The number of benzene rings is 3. The van der Waals surface area contributed by atoms with Crippen molar-refractivity contribution in [2.45, 2.75) is 32.2 Å². The first-order valence-electron chi connectivity index (χ1n) is 10.3. The van der Waals surface area contributed by atoms with Crippen LogP contribution in [0.15, 0.2) is 71.7 Å². The molecule has 0 saturated heterocycles. The van der Waals surface area contributed by atoms with Crippen molar-refractivity contribution in [3.63, 3.8) is 0 Å². The van der Waals surface area contributed by atoms with Crippen LogP contribution in [-0.4, -0.2) is 24.7 Å². The highest BCUT2D eigenvalue weighted by atomic mass is 35.5. The number of aliphatic imine (C=N–C) groups is 1. The van der Waals surface area contributed by atoms with Gasteiger partial charge in [-0.15, -0.1) is 0 Å². The number of carbonyl (C=O) groups is 1. The van der Waals surface area contributed by atoms with E-state index >= 15 is 0 Å². The van der Waals surface area contributed by atoms with E-state index in [2.05, 4.69) is 26.0 Å². The minimum atomic E-state index is -0.598. The second kappa shape index (κ2) is 8.64. The molecular weight excluding hydrogens is 411 g/mol. The zero-order chi connectivity index (χ0) is 22.1. The third-order valence-electron chi connectivity index (χ3n) is 5.64. The van der Waals surface area contributed by atoms with Gasteiger partial charge in [0.25, 0.3) is 5.91 Å². The van der Waals surface area contributed by atoms with Crippen molar-refractivity contribution in [3.8, 4) is 0 Å². The number of rotatable bonds is 4. The Morgan fingerprint density at radius 3 is 2.52 bits per heavy atom. The predicted molar refractivity (Wildman–Crippen MR) is 125 cm³/mol. The van der Waals surface area contributed by atoms with Crippen LogP contribution >= 0.6 is 11.6 Å². The van der Waals surface area contributed by atoms with Crippen molar-refractivity contribution < 1.29 is 9.18 Å². The van der Waals surface area contributed by atoms with E-state index in [0.29, 0.717) is 23.1 Å². The minimum Gasteiger partial charge on any atom is -0.313 e. The van der Waals surface area contributed by atoms with E-state index in [4.69, 9.17) is 16.6 Å². The maximum Gasteiger partial charge on any atom is 0.251 e. The molecule has 158 valence electrons. The molecule has 3 aromatic carbocycles. The van der Waals surface area contributed by atoms with Crippen LogP contribution < -0.4 is 4.90 Å². The van der Waals surface area contributed by atoms with E-state index in [1.165, 1.54) is 17.7 Å². The lowest BCUT2D eigenvalue weighted by molar-refractivity contribution is -0.119. The zero-order valence-corrected chi connectivity index (χ0v) is 18.5. The Morgan fingerprint density at radius 1 is 1.06 bits per heavy atom. The van der Waals surface area contributed by atoms with Crippen LogP contribution in [0.5, 0.6) is 0 Å². The largest absolute Gasteiger partial charge is 0.313 e. The van der Waals surface area contributed by atoms with Gasteiger partial charge >= 0.3 is 0 Å². The molecule has 0 radical (unpaired) electrons. The van der Waals surface area contributed by atoms with Gasteiger partial charge in [0.15, 0.2) is 0 Å². The molecule has 0 aliphatic carbocycles. The summed E-state index contributed by atoms with van der Waals surface area (Å²) in [6.07, 6.45) is 0.482. The number of fused-ring (bicyclic) bond motifs is 1. The number of hydrogen-bond donors (Lipinski definition) is 0. The lowest BCUT2D eigenvalue weighted by Crippen LogP contribution is -2.36. The number of benzodiazepines with no additional fused rings is 1. The molecule has 0 N–H and O–H groups in total. The first-order valence-corrected chi connectivity index (χ1v) is 10.7. The lowest BCUT2D eigenvalue weighted by atomic mass is 9.97. The summed E-state index contributed by atoms with van der Waals surface area (Å²) in [5.74, 6) is -0.00713. The van der Waals surface area contributed by atoms with Crippen molar-refractivity contribution in [1.29, 1.82) is 0 Å². The molecule has 1 unspecified atom stereocenters. The van der Waals surface area contributed by atoms with Gasteiger partial charge in [0, 0.05) is 29.6 Å². The quantitative estimate of drug-likeness (QED) is 0.493. The van der Waals surface area contributed by atoms with Gasteiger partial charge in [-0.05, 0) is 59.5 Å². The van der Waals surface area contributed by atoms with Crippen molar-refractivity contribution in [3.05, 3.63) is 99.8 Å². The van der Waals surface area contributed by atoms with Crippen LogP contribution in [-0.2, 0) is 11.2 Å². The van der Waals surface area contributed by atoms with Crippen molar-refractivity contribution in [2.24, 2.45) is 4.99 Å². The Labute approximate surface area is 187 Å². The first-order chi connectivity index (χ1) is 14.8. The van der Waals surface area contributed by atoms with Crippen molar-refractivity contribution >= 4 is 28.9 Å². The topological polar surface area (TPSA) is 32.7 Å². The summed E-state index contributed by atoms with van der Waals surface area (Å²) in [4.78, 5) is 19.9. The molecule has 3 aromatic rings. The SMILES string of the molecule is CC(C)c1cccc(CC2N=C(c3ccc(F)cc3)c3cc(Cl)ccc3N(C)C2=O)c1. The van der Waals surface area contributed by atoms with E-state index in [0.717, 1.165) is 22.4 Å². The Balaban J connectivity index is 1.83. The third kappa shape index (κ3) is 4.40. The van der Waals surface area contributed by atoms with E-state index in [1.54, 1.807) is 30.1 Å². The second-order valence-electron chi connectivity index (χ2n) is 8.16. The molecule has 5 heteroatoms. The highest BCUT2D eigenvalue weighted by Crippen LogP contribution is 2.31. The number of halogens is 2. The molecule has 3 nitrogen and oxygen atoms in total. The molecule has 31 heavy (non-hydrogen) atoms. The van der Waals surface area contributed by atoms with Gasteiger partial charge < -0.3 is 4.90 Å².